The molecule has 1 fully saturated rings. The molecule has 1 amide bonds. The molecule has 0 aromatic rings. The summed E-state index contributed by atoms with van der Waals surface area (Å²) in [5, 5.41) is 12.0. The number of amides is 1. The summed E-state index contributed by atoms with van der Waals surface area (Å²) in [4.78, 5) is 13.4. The van der Waals surface area contributed by atoms with Gasteiger partial charge in [0.15, 0.2) is 0 Å². The van der Waals surface area contributed by atoms with Crippen LogP contribution in [0.15, 0.2) is 12.7 Å². The van der Waals surface area contributed by atoms with Crippen molar-refractivity contribution in [2.24, 2.45) is 0 Å². The number of carbonyl (C=O) groups excluding carboxylic acids is 1. The van der Waals surface area contributed by atoms with Gasteiger partial charge in [-0.1, -0.05) is 6.08 Å². The van der Waals surface area contributed by atoms with Crippen LogP contribution in [-0.4, -0.2) is 48.2 Å². The van der Waals surface area contributed by atoms with Gasteiger partial charge in [0.1, 0.15) is 0 Å². The number of nitrogens with zero attached hydrogens (tertiary/aromatic N) is 1. The van der Waals surface area contributed by atoms with Crippen LogP contribution in [0.25, 0.3) is 0 Å². The summed E-state index contributed by atoms with van der Waals surface area (Å²) in [6.07, 6.45) is 3.64. The largest absolute Gasteiger partial charge is 0.394 e. The van der Waals surface area contributed by atoms with Crippen molar-refractivity contribution in [3.63, 3.8) is 0 Å². The Balaban J connectivity index is 2.31. The molecule has 80 valence electrons. The van der Waals surface area contributed by atoms with Crippen molar-refractivity contribution in [1.82, 2.24) is 10.2 Å². The smallest absolute Gasteiger partial charge is 0.236 e. The van der Waals surface area contributed by atoms with Crippen molar-refractivity contribution in [2.75, 3.05) is 26.2 Å². The van der Waals surface area contributed by atoms with Crippen LogP contribution in [0.3, 0.4) is 0 Å². The van der Waals surface area contributed by atoms with Gasteiger partial charge in [0.25, 0.3) is 0 Å². The standard InChI is InChI=1S/C10H18N2O2/c1-2-5-11-7-10(14)12-6-3-4-9(12)8-13/h2,9,11,13H,1,3-8H2. The maximum atomic E-state index is 11.6. The van der Waals surface area contributed by atoms with Gasteiger partial charge in [-0.25, -0.2) is 0 Å². The minimum Gasteiger partial charge on any atom is -0.394 e. The number of nitrogens with one attached hydrogen (secondary N) is 1. The highest BCUT2D eigenvalue weighted by Gasteiger charge is 2.27. The molecule has 1 heterocycles. The van der Waals surface area contributed by atoms with Crippen LogP contribution >= 0.6 is 0 Å². The summed E-state index contributed by atoms with van der Waals surface area (Å²) >= 11 is 0. The fraction of sp³-hybridized carbons (Fsp3) is 0.700. The lowest BCUT2D eigenvalue weighted by Crippen LogP contribution is -2.42. The number of carbonyl (C=O) groups is 1. The van der Waals surface area contributed by atoms with Crippen molar-refractivity contribution in [3.05, 3.63) is 12.7 Å². The first-order valence-electron chi connectivity index (χ1n) is 5.01. The molecule has 4 nitrogen and oxygen atoms in total. The van der Waals surface area contributed by atoms with E-state index in [1.807, 2.05) is 0 Å². The van der Waals surface area contributed by atoms with Crippen LogP contribution in [0.2, 0.25) is 0 Å². The second kappa shape index (κ2) is 5.78. The topological polar surface area (TPSA) is 52.6 Å². The van der Waals surface area contributed by atoms with E-state index in [1.54, 1.807) is 11.0 Å². The number of aliphatic hydroxyl groups is 1. The van der Waals surface area contributed by atoms with Gasteiger partial charge >= 0.3 is 0 Å². The first-order valence-corrected chi connectivity index (χ1v) is 5.01. The lowest BCUT2D eigenvalue weighted by molar-refractivity contribution is -0.131. The molecule has 1 unspecified atom stereocenters. The molecule has 0 radical (unpaired) electrons. The summed E-state index contributed by atoms with van der Waals surface area (Å²) in [5.74, 6) is 0.0726. The van der Waals surface area contributed by atoms with Gasteiger partial charge in [0.05, 0.1) is 19.2 Å². The zero-order chi connectivity index (χ0) is 10.4. The molecule has 1 rings (SSSR count). The lowest BCUT2D eigenvalue weighted by Gasteiger charge is -2.22. The maximum absolute atomic E-state index is 11.6. The molecule has 0 aromatic heterocycles. The monoisotopic (exact) mass is 198 g/mol. The van der Waals surface area contributed by atoms with E-state index in [1.165, 1.54) is 0 Å². The van der Waals surface area contributed by atoms with Gasteiger partial charge in [-0.3, -0.25) is 4.79 Å². The van der Waals surface area contributed by atoms with Crippen LogP contribution in [0.1, 0.15) is 12.8 Å². The molecule has 1 aliphatic rings. The number of hydrogen-bond donors (Lipinski definition) is 2. The number of hydrogen-bond acceptors (Lipinski definition) is 3. The molecular weight excluding hydrogens is 180 g/mol. The molecule has 4 heteroatoms. The lowest BCUT2D eigenvalue weighted by atomic mass is 10.2. The molecule has 0 aliphatic carbocycles. The van der Waals surface area contributed by atoms with E-state index < -0.39 is 0 Å². The van der Waals surface area contributed by atoms with Gasteiger partial charge in [-0.05, 0) is 12.8 Å². The minimum absolute atomic E-state index is 0.0352. The Kier molecular flexibility index (Phi) is 4.62. The second-order valence-corrected chi connectivity index (χ2v) is 3.49. The highest BCUT2D eigenvalue weighted by molar-refractivity contribution is 5.78. The summed E-state index contributed by atoms with van der Waals surface area (Å²) in [6, 6.07) is 0.0352. The Bertz CT molecular complexity index is 206. The molecule has 1 saturated heterocycles. The van der Waals surface area contributed by atoms with E-state index in [-0.39, 0.29) is 18.6 Å². The average molecular weight is 198 g/mol. The van der Waals surface area contributed by atoms with E-state index in [0.29, 0.717) is 13.1 Å². The SMILES string of the molecule is C=CCNCC(=O)N1CCCC1CO. The van der Waals surface area contributed by atoms with Gasteiger partial charge in [-0.2, -0.15) is 0 Å². The number of likely N-dealkylation sites (tertiary alicyclic amines) is 1. The van der Waals surface area contributed by atoms with E-state index in [2.05, 4.69) is 11.9 Å². The molecule has 0 aromatic carbocycles. The van der Waals surface area contributed by atoms with Crippen molar-refractivity contribution in [3.8, 4) is 0 Å². The highest BCUT2D eigenvalue weighted by atomic mass is 16.3. The summed E-state index contributed by atoms with van der Waals surface area (Å²) in [5.41, 5.74) is 0. The van der Waals surface area contributed by atoms with Gasteiger partial charge < -0.3 is 15.3 Å². The molecule has 0 spiro atoms. The van der Waals surface area contributed by atoms with Crippen molar-refractivity contribution in [1.29, 1.82) is 0 Å². The maximum Gasteiger partial charge on any atom is 0.236 e. The minimum atomic E-state index is 0.0352. The quantitative estimate of drug-likeness (QED) is 0.473. The van der Waals surface area contributed by atoms with Gasteiger partial charge in [-0.15, -0.1) is 6.58 Å². The first-order chi connectivity index (χ1) is 6.79. The van der Waals surface area contributed by atoms with E-state index >= 15 is 0 Å². The van der Waals surface area contributed by atoms with E-state index in [4.69, 9.17) is 5.11 Å². The molecule has 14 heavy (non-hydrogen) atoms. The molecule has 0 saturated carbocycles. The zero-order valence-corrected chi connectivity index (χ0v) is 8.41. The fourth-order valence-corrected chi connectivity index (χ4v) is 1.74. The van der Waals surface area contributed by atoms with E-state index in [0.717, 1.165) is 19.4 Å². The number of aliphatic hydroxyl groups excluding tert-OH is 1. The predicted octanol–water partition coefficient (Wildman–Crippen LogP) is -0.255. The Morgan fingerprint density at radius 1 is 1.71 bits per heavy atom. The highest BCUT2D eigenvalue weighted by Crippen LogP contribution is 2.16. The first kappa shape index (κ1) is 11.2. The van der Waals surface area contributed by atoms with Crippen molar-refractivity contribution >= 4 is 5.91 Å². The molecular formula is C10H18N2O2. The van der Waals surface area contributed by atoms with E-state index in [9.17, 15) is 4.79 Å². The second-order valence-electron chi connectivity index (χ2n) is 3.49. The normalized spacial score (nSPS) is 21.2. The van der Waals surface area contributed by atoms with Crippen LogP contribution in [0.5, 0.6) is 0 Å². The third kappa shape index (κ3) is 2.82. The average Bonchev–Trinajstić information content (AvgIpc) is 2.65. The van der Waals surface area contributed by atoms with Crippen LogP contribution in [-0.2, 0) is 4.79 Å². The van der Waals surface area contributed by atoms with Gasteiger partial charge in [0.2, 0.25) is 5.91 Å². The number of rotatable bonds is 5. The summed E-state index contributed by atoms with van der Waals surface area (Å²) in [7, 11) is 0. The fourth-order valence-electron chi connectivity index (χ4n) is 1.74. The summed E-state index contributed by atoms with van der Waals surface area (Å²) < 4.78 is 0. The predicted molar refractivity (Wildman–Crippen MR) is 54.9 cm³/mol. The zero-order valence-electron chi connectivity index (χ0n) is 8.41. The molecule has 2 N–H and O–H groups in total. The van der Waals surface area contributed by atoms with Crippen molar-refractivity contribution in [2.45, 2.75) is 18.9 Å². The Labute approximate surface area is 84.6 Å². The Morgan fingerprint density at radius 3 is 3.14 bits per heavy atom. The molecule has 1 aliphatic heterocycles. The third-order valence-electron chi connectivity index (χ3n) is 2.47. The molecule has 0 bridgehead atoms. The summed E-state index contributed by atoms with van der Waals surface area (Å²) in [6.45, 7) is 5.39. The van der Waals surface area contributed by atoms with Crippen LogP contribution < -0.4 is 5.32 Å². The van der Waals surface area contributed by atoms with Crippen molar-refractivity contribution < 1.29 is 9.90 Å². The Hall–Kier alpha value is -0.870. The third-order valence-corrected chi connectivity index (χ3v) is 2.47. The Morgan fingerprint density at radius 2 is 2.50 bits per heavy atom. The van der Waals surface area contributed by atoms with Crippen LogP contribution in [0.4, 0.5) is 0 Å². The van der Waals surface area contributed by atoms with Crippen LogP contribution in [0, 0.1) is 0 Å². The van der Waals surface area contributed by atoms with Gasteiger partial charge in [0, 0.05) is 13.1 Å². The molecule has 1 atom stereocenters.